The molecule has 0 aromatic heterocycles. The van der Waals surface area contributed by atoms with Crippen LogP contribution in [0.5, 0.6) is 0 Å². The van der Waals surface area contributed by atoms with Crippen molar-refractivity contribution in [2.45, 2.75) is 50.9 Å². The topological polar surface area (TPSA) is 32.8 Å². The van der Waals surface area contributed by atoms with E-state index < -0.39 is 0 Å². The Bertz CT molecular complexity index is 766. The summed E-state index contributed by atoms with van der Waals surface area (Å²) < 4.78 is 5.46. The van der Waals surface area contributed by atoms with E-state index in [2.05, 4.69) is 59.8 Å². The fourth-order valence-corrected chi connectivity index (χ4v) is 6.28. The van der Waals surface area contributed by atoms with Gasteiger partial charge in [0, 0.05) is 26.2 Å². The molecule has 4 fully saturated rings. The van der Waals surface area contributed by atoms with Crippen molar-refractivity contribution in [2.75, 3.05) is 45.9 Å². The van der Waals surface area contributed by atoms with Crippen LogP contribution in [0.4, 0.5) is 0 Å². The maximum absolute atomic E-state index is 12.9. The highest BCUT2D eigenvalue weighted by atomic mass is 16.5. The fourth-order valence-electron chi connectivity index (χ4n) is 6.28. The van der Waals surface area contributed by atoms with Gasteiger partial charge in [-0.3, -0.25) is 4.79 Å². The maximum Gasteiger partial charge on any atom is 0.228 e. The van der Waals surface area contributed by atoms with E-state index in [9.17, 15) is 4.79 Å². The molecule has 0 spiro atoms. The first-order valence-electron chi connectivity index (χ1n) is 12.6. The summed E-state index contributed by atoms with van der Waals surface area (Å²) in [4.78, 5) is 17.7. The molecule has 1 saturated carbocycles. The summed E-state index contributed by atoms with van der Waals surface area (Å²) in [5.41, 5.74) is 2.97. The third-order valence-electron chi connectivity index (χ3n) is 8.01. The number of fused-ring (bicyclic) bond motifs is 1. The summed E-state index contributed by atoms with van der Waals surface area (Å²) in [6.07, 6.45) is 24.7. The standard InChI is InChI=1S/C25H36N2O2.2C2H2/c28-25(22-11-15-29-18-22)27-16-21-4-3-5-23(24(21)17-27)20-8-6-19(7-9-20)10-14-26-12-1-2-13-26;2*1-2/h6-9,21-24H,1-5,10-18H2;2*1-2H. The van der Waals surface area contributed by atoms with E-state index in [1.165, 1.54) is 69.3 Å². The van der Waals surface area contributed by atoms with Crippen LogP contribution in [-0.4, -0.2) is 61.6 Å². The number of benzene rings is 1. The van der Waals surface area contributed by atoms with E-state index in [1.807, 2.05) is 0 Å². The third-order valence-corrected chi connectivity index (χ3v) is 8.01. The van der Waals surface area contributed by atoms with Gasteiger partial charge in [-0.2, -0.15) is 0 Å². The lowest BCUT2D eigenvalue weighted by molar-refractivity contribution is -0.134. The van der Waals surface area contributed by atoms with Gasteiger partial charge in [0.05, 0.1) is 12.5 Å². The third kappa shape index (κ3) is 6.20. The lowest BCUT2D eigenvalue weighted by atomic mass is 9.71. The van der Waals surface area contributed by atoms with Gasteiger partial charge in [-0.25, -0.2) is 0 Å². The van der Waals surface area contributed by atoms with Crippen molar-refractivity contribution < 1.29 is 9.53 Å². The van der Waals surface area contributed by atoms with Gasteiger partial charge < -0.3 is 14.5 Å². The second-order valence-electron chi connectivity index (χ2n) is 9.81. The molecule has 1 aromatic rings. The van der Waals surface area contributed by atoms with E-state index in [1.54, 1.807) is 0 Å². The average Bonchev–Trinajstić information content (AvgIpc) is 3.66. The molecule has 0 radical (unpaired) electrons. The monoisotopic (exact) mass is 448 g/mol. The van der Waals surface area contributed by atoms with Crippen molar-refractivity contribution >= 4 is 5.91 Å². The van der Waals surface area contributed by atoms with E-state index in [4.69, 9.17) is 4.74 Å². The molecule has 1 amide bonds. The van der Waals surface area contributed by atoms with Crippen LogP contribution < -0.4 is 0 Å². The number of hydrogen-bond donors (Lipinski definition) is 0. The Balaban J connectivity index is 0.000000728. The first-order chi connectivity index (χ1) is 16.3. The molecule has 33 heavy (non-hydrogen) atoms. The first kappa shape index (κ1) is 25.4. The van der Waals surface area contributed by atoms with Crippen molar-refractivity contribution in [1.29, 1.82) is 0 Å². The molecular formula is C29H40N2O2. The van der Waals surface area contributed by atoms with Crippen LogP contribution in [0.1, 0.15) is 55.6 Å². The van der Waals surface area contributed by atoms with Crippen LogP contribution in [0, 0.1) is 43.4 Å². The average molecular weight is 449 g/mol. The number of ether oxygens (including phenoxy) is 1. The molecule has 4 atom stereocenters. The van der Waals surface area contributed by atoms with Crippen molar-refractivity contribution in [2.24, 2.45) is 17.8 Å². The van der Waals surface area contributed by atoms with Gasteiger partial charge in [0.25, 0.3) is 0 Å². The Kier molecular flexibility index (Phi) is 9.86. The van der Waals surface area contributed by atoms with Gasteiger partial charge in [0.1, 0.15) is 0 Å². The summed E-state index contributed by atoms with van der Waals surface area (Å²) in [5.74, 6) is 2.43. The van der Waals surface area contributed by atoms with Crippen LogP contribution in [0.25, 0.3) is 0 Å². The Hall–Kier alpha value is -2.27. The van der Waals surface area contributed by atoms with E-state index in [0.29, 0.717) is 30.3 Å². The van der Waals surface area contributed by atoms with Gasteiger partial charge in [-0.1, -0.05) is 30.7 Å². The minimum Gasteiger partial charge on any atom is -0.381 e. The van der Waals surface area contributed by atoms with Crippen LogP contribution in [0.2, 0.25) is 0 Å². The largest absolute Gasteiger partial charge is 0.381 e. The van der Waals surface area contributed by atoms with Crippen LogP contribution in [-0.2, 0) is 16.0 Å². The second kappa shape index (κ2) is 12.8. The van der Waals surface area contributed by atoms with Gasteiger partial charge in [-0.15, -0.1) is 25.7 Å². The van der Waals surface area contributed by atoms with E-state index in [0.717, 1.165) is 26.1 Å². The summed E-state index contributed by atoms with van der Waals surface area (Å²) in [5, 5.41) is 0. The molecule has 0 bridgehead atoms. The Morgan fingerprint density at radius 1 is 0.939 bits per heavy atom. The van der Waals surface area contributed by atoms with E-state index >= 15 is 0 Å². The Labute approximate surface area is 201 Å². The number of likely N-dealkylation sites (tertiary alicyclic amines) is 2. The molecule has 3 heterocycles. The minimum absolute atomic E-state index is 0.114. The number of carbonyl (C=O) groups excluding carboxylic acids is 1. The van der Waals surface area contributed by atoms with Gasteiger partial charge in [0.2, 0.25) is 5.91 Å². The molecule has 4 nitrogen and oxygen atoms in total. The van der Waals surface area contributed by atoms with Crippen molar-refractivity contribution in [3.63, 3.8) is 0 Å². The lowest BCUT2D eigenvalue weighted by Gasteiger charge is -2.33. The molecule has 1 aromatic carbocycles. The van der Waals surface area contributed by atoms with Crippen LogP contribution >= 0.6 is 0 Å². The predicted molar refractivity (Wildman–Crippen MR) is 135 cm³/mol. The zero-order valence-corrected chi connectivity index (χ0v) is 20.0. The van der Waals surface area contributed by atoms with Gasteiger partial charge in [0.15, 0.2) is 0 Å². The molecule has 5 rings (SSSR count). The second-order valence-corrected chi connectivity index (χ2v) is 9.81. The number of nitrogens with zero attached hydrogens (tertiary/aromatic N) is 2. The van der Waals surface area contributed by atoms with Crippen molar-refractivity contribution in [1.82, 2.24) is 9.80 Å². The van der Waals surface area contributed by atoms with Crippen LogP contribution in [0.15, 0.2) is 24.3 Å². The molecule has 1 aliphatic carbocycles. The number of hydrogen-bond acceptors (Lipinski definition) is 3. The summed E-state index contributed by atoms with van der Waals surface area (Å²) in [7, 11) is 0. The highest BCUT2D eigenvalue weighted by molar-refractivity contribution is 5.79. The van der Waals surface area contributed by atoms with Crippen molar-refractivity contribution in [3.05, 3.63) is 35.4 Å². The number of amides is 1. The maximum atomic E-state index is 12.9. The Morgan fingerprint density at radius 3 is 2.33 bits per heavy atom. The van der Waals surface area contributed by atoms with Gasteiger partial charge >= 0.3 is 0 Å². The van der Waals surface area contributed by atoms with Gasteiger partial charge in [-0.05, 0) is 80.5 Å². The quantitative estimate of drug-likeness (QED) is 0.633. The first-order valence-corrected chi connectivity index (χ1v) is 12.6. The molecule has 0 N–H and O–H groups in total. The van der Waals surface area contributed by atoms with Crippen molar-refractivity contribution in [3.8, 4) is 25.7 Å². The molecule has 178 valence electrons. The molecule has 4 heteroatoms. The predicted octanol–water partition coefficient (Wildman–Crippen LogP) is 4.20. The zero-order valence-electron chi connectivity index (χ0n) is 20.0. The van der Waals surface area contributed by atoms with Crippen LogP contribution in [0.3, 0.4) is 0 Å². The lowest BCUT2D eigenvalue weighted by Crippen LogP contribution is -2.35. The zero-order chi connectivity index (χ0) is 23.6. The molecule has 3 aliphatic heterocycles. The number of carbonyl (C=O) groups is 1. The normalized spacial score (nSPS) is 28.8. The summed E-state index contributed by atoms with van der Waals surface area (Å²) >= 11 is 0. The number of rotatable bonds is 5. The SMILES string of the molecule is C#C.C#C.O=C(C1CCOC1)N1CC2CCCC(c3ccc(CCN4CCCC4)cc3)C2C1. The highest BCUT2D eigenvalue weighted by Gasteiger charge is 2.43. The minimum atomic E-state index is 0.114. The molecule has 4 aliphatic rings. The highest BCUT2D eigenvalue weighted by Crippen LogP contribution is 2.45. The molecule has 4 unspecified atom stereocenters. The number of terminal acetylenes is 2. The van der Waals surface area contributed by atoms with E-state index in [-0.39, 0.29) is 5.92 Å². The Morgan fingerprint density at radius 2 is 1.67 bits per heavy atom. The fraction of sp³-hybridized carbons (Fsp3) is 0.621. The molecular weight excluding hydrogens is 408 g/mol. The summed E-state index contributed by atoms with van der Waals surface area (Å²) in [6, 6.07) is 9.51. The smallest absolute Gasteiger partial charge is 0.228 e. The summed E-state index contributed by atoms with van der Waals surface area (Å²) in [6.45, 7) is 7.09. The molecule has 3 saturated heterocycles.